The molecular weight excluding hydrogens is 588 g/mol. The maximum atomic E-state index is 13.6. The molecule has 1 saturated carbocycles. The van der Waals surface area contributed by atoms with Gasteiger partial charge in [-0.3, -0.25) is 9.48 Å². The van der Waals surface area contributed by atoms with Crippen LogP contribution in [0.3, 0.4) is 0 Å². The minimum Gasteiger partial charge on any atom is -0.496 e. The number of nitrogens with zero attached hydrogens (tertiary/aromatic N) is 4. The van der Waals surface area contributed by atoms with Crippen LogP contribution in [0.1, 0.15) is 51.5 Å². The Kier molecular flexibility index (Phi) is 9.83. The highest BCUT2D eigenvalue weighted by molar-refractivity contribution is 5.94. The number of hydrogen-bond acceptors (Lipinski definition) is 7. The number of allylic oxidation sites excluding steroid dienone is 1. The summed E-state index contributed by atoms with van der Waals surface area (Å²) in [5, 5.41) is 20.8. The number of rotatable bonds is 9. The molecule has 0 bridgehead atoms. The van der Waals surface area contributed by atoms with Crippen LogP contribution >= 0.6 is 0 Å². The third kappa shape index (κ3) is 7.11. The van der Waals surface area contributed by atoms with E-state index >= 15 is 0 Å². The molecule has 0 radical (unpaired) electrons. The number of carbonyl (C=O) groups is 3. The molecule has 5 rings (SSSR count). The van der Waals surface area contributed by atoms with Gasteiger partial charge in [-0.05, 0) is 50.7 Å². The van der Waals surface area contributed by atoms with Gasteiger partial charge in [-0.15, -0.1) is 0 Å². The second-order valence-corrected chi connectivity index (χ2v) is 12.7. The number of aliphatic carboxylic acids is 1. The number of benzene rings is 1. The largest absolute Gasteiger partial charge is 0.496 e. The van der Waals surface area contributed by atoms with Crippen molar-refractivity contribution in [3.05, 3.63) is 48.3 Å². The first-order valence-corrected chi connectivity index (χ1v) is 15.9. The van der Waals surface area contributed by atoms with Gasteiger partial charge in [0, 0.05) is 61.3 Å². The molecule has 12 heteroatoms. The number of aryl methyl sites for hydroxylation is 1. The molecule has 3 aromatic rings. The summed E-state index contributed by atoms with van der Waals surface area (Å²) in [6.07, 6.45) is 10.5. The van der Waals surface area contributed by atoms with Crippen LogP contribution in [0.15, 0.2) is 42.7 Å². The van der Waals surface area contributed by atoms with Crippen molar-refractivity contribution < 1.29 is 29.0 Å². The molecule has 1 aliphatic carbocycles. The van der Waals surface area contributed by atoms with Gasteiger partial charge in [0.25, 0.3) is 0 Å². The van der Waals surface area contributed by atoms with Gasteiger partial charge in [0.2, 0.25) is 5.91 Å². The number of aromatic nitrogens is 3. The minimum absolute atomic E-state index is 0.0712. The number of carboxylic acid groups (broad SMARTS) is 1. The zero-order valence-electron chi connectivity index (χ0n) is 27.2. The highest BCUT2D eigenvalue weighted by Crippen LogP contribution is 2.45. The Morgan fingerprint density at radius 1 is 1.22 bits per heavy atom. The Morgan fingerprint density at radius 3 is 2.76 bits per heavy atom. The smallest absolute Gasteiger partial charge is 0.330 e. The molecule has 3 atom stereocenters. The molecule has 12 nitrogen and oxygen atoms in total. The number of fused-ring (bicyclic) bond motifs is 2. The van der Waals surface area contributed by atoms with E-state index in [9.17, 15) is 19.5 Å². The zero-order chi connectivity index (χ0) is 33.0. The molecule has 246 valence electrons. The third-order valence-electron chi connectivity index (χ3n) is 8.70. The number of carboxylic acids is 1. The van der Waals surface area contributed by atoms with Gasteiger partial charge in [-0.25, -0.2) is 14.6 Å². The Labute approximate surface area is 269 Å². The van der Waals surface area contributed by atoms with Crippen molar-refractivity contribution in [2.45, 2.75) is 71.0 Å². The number of hydrogen-bond donors (Lipinski definition) is 3. The van der Waals surface area contributed by atoms with Crippen LogP contribution in [0.4, 0.5) is 4.79 Å². The van der Waals surface area contributed by atoms with Crippen molar-refractivity contribution in [3.8, 4) is 22.8 Å². The number of carbonyl (C=O) groups excluding carboxylic acids is 2. The second-order valence-electron chi connectivity index (χ2n) is 12.7. The fourth-order valence-electron chi connectivity index (χ4n) is 5.90. The maximum absolute atomic E-state index is 13.6. The third-order valence-corrected chi connectivity index (χ3v) is 8.70. The molecule has 1 fully saturated rings. The fraction of sp³-hybridized carbons (Fsp3) is 0.500. The topological polar surface area (TPSA) is 148 Å². The van der Waals surface area contributed by atoms with Gasteiger partial charge in [0.15, 0.2) is 0 Å². The lowest BCUT2D eigenvalue weighted by Gasteiger charge is -2.25. The molecule has 2 aromatic heterocycles. The van der Waals surface area contributed by atoms with Crippen molar-refractivity contribution in [2.75, 3.05) is 27.3 Å². The molecule has 1 aliphatic heterocycles. The first-order chi connectivity index (χ1) is 22.0. The lowest BCUT2D eigenvalue weighted by Crippen LogP contribution is -2.55. The molecule has 0 saturated heterocycles. The first kappa shape index (κ1) is 32.8. The predicted octanol–water partition coefficient (Wildman–Crippen LogP) is 4.55. The molecule has 3 heterocycles. The maximum Gasteiger partial charge on any atom is 0.330 e. The lowest BCUT2D eigenvalue weighted by molar-refractivity contribution is -0.143. The van der Waals surface area contributed by atoms with Crippen LogP contribution in [-0.4, -0.2) is 81.6 Å². The number of ether oxygens (including phenoxy) is 2. The van der Waals surface area contributed by atoms with Crippen LogP contribution in [0.2, 0.25) is 0 Å². The van der Waals surface area contributed by atoms with E-state index in [2.05, 4.69) is 29.6 Å². The summed E-state index contributed by atoms with van der Waals surface area (Å²) in [5.41, 5.74) is 1.71. The predicted molar refractivity (Wildman–Crippen MR) is 174 cm³/mol. The quantitative estimate of drug-likeness (QED) is 0.291. The Hall–Kier alpha value is -4.61. The Bertz CT molecular complexity index is 1630. The highest BCUT2D eigenvalue weighted by atomic mass is 16.5. The Balaban J connectivity index is 1.41. The zero-order valence-corrected chi connectivity index (χ0v) is 27.2. The molecule has 1 aromatic carbocycles. The number of methoxy groups -OCH3 is 1. The summed E-state index contributed by atoms with van der Waals surface area (Å²) in [6, 6.07) is 4.19. The van der Waals surface area contributed by atoms with Gasteiger partial charge < -0.3 is 30.1 Å². The second kappa shape index (κ2) is 13.8. The van der Waals surface area contributed by atoms with E-state index in [1.165, 1.54) is 0 Å². The monoisotopic (exact) mass is 632 g/mol. The van der Waals surface area contributed by atoms with Gasteiger partial charge >= 0.3 is 12.0 Å². The number of pyridine rings is 1. The normalized spacial score (nSPS) is 22.2. The van der Waals surface area contributed by atoms with Gasteiger partial charge in [0.05, 0.1) is 31.1 Å². The van der Waals surface area contributed by atoms with Crippen LogP contribution in [0.25, 0.3) is 22.2 Å². The molecule has 2 aliphatic rings. The molecule has 0 unspecified atom stereocenters. The van der Waals surface area contributed by atoms with Crippen molar-refractivity contribution in [2.24, 2.45) is 11.8 Å². The van der Waals surface area contributed by atoms with Crippen molar-refractivity contribution in [3.63, 3.8) is 0 Å². The van der Waals surface area contributed by atoms with Crippen molar-refractivity contribution in [1.29, 1.82) is 0 Å². The number of nitrogens with one attached hydrogen (secondary N) is 2. The summed E-state index contributed by atoms with van der Waals surface area (Å²) < 4.78 is 13.8. The molecular formula is C34H44N6O6. The summed E-state index contributed by atoms with van der Waals surface area (Å²) in [6.45, 7) is 7.58. The van der Waals surface area contributed by atoms with Crippen LogP contribution in [0.5, 0.6) is 11.5 Å². The SMILES string of the molecule is COc1ccc2c(OCC[C@@H]3NC(=O)N(C)CCCCC=C[C@@H]4C[C@@]4(C(=O)O)NC3=O)cc(-c3cnn(CC(C)C)c3)nc2c1C. The molecule has 0 spiro atoms. The summed E-state index contributed by atoms with van der Waals surface area (Å²) in [5.74, 6) is -0.251. The van der Waals surface area contributed by atoms with E-state index < -0.39 is 29.5 Å². The van der Waals surface area contributed by atoms with E-state index in [1.807, 2.05) is 48.2 Å². The standard InChI is InChI=1S/C34H44N6O6/c1-21(2)19-40-20-23(18-35-40)27-16-29(25-11-12-28(45-5)22(3)30(25)36-27)46-15-13-26-31(41)38-34(32(42)43)17-24(34)10-8-6-7-9-14-39(4)33(44)37-26/h8,10-12,16,18,20-21,24,26H,6-7,9,13-15,17,19H2,1-5H3,(H,37,44)(H,38,41)(H,42,43)/t24-,26+,34-/m1/s1. The summed E-state index contributed by atoms with van der Waals surface area (Å²) >= 11 is 0. The van der Waals surface area contributed by atoms with Crippen LogP contribution in [-0.2, 0) is 16.1 Å². The minimum atomic E-state index is -1.37. The van der Waals surface area contributed by atoms with Gasteiger partial charge in [-0.1, -0.05) is 26.0 Å². The van der Waals surface area contributed by atoms with E-state index in [-0.39, 0.29) is 18.9 Å². The van der Waals surface area contributed by atoms with E-state index in [4.69, 9.17) is 14.5 Å². The fourth-order valence-corrected chi connectivity index (χ4v) is 5.90. The van der Waals surface area contributed by atoms with Gasteiger partial charge in [-0.2, -0.15) is 5.10 Å². The molecule has 3 N–H and O–H groups in total. The average Bonchev–Trinajstić information content (AvgIpc) is 3.52. The van der Waals surface area contributed by atoms with Gasteiger partial charge in [0.1, 0.15) is 23.1 Å². The van der Waals surface area contributed by atoms with Crippen LogP contribution in [0, 0.1) is 18.8 Å². The number of urea groups is 1. The summed E-state index contributed by atoms with van der Waals surface area (Å²) in [7, 11) is 3.30. The average molecular weight is 633 g/mol. The summed E-state index contributed by atoms with van der Waals surface area (Å²) in [4.78, 5) is 45.3. The first-order valence-electron chi connectivity index (χ1n) is 15.9. The van der Waals surface area contributed by atoms with E-state index in [0.29, 0.717) is 41.6 Å². The lowest BCUT2D eigenvalue weighted by atomic mass is 10.1. The van der Waals surface area contributed by atoms with Crippen LogP contribution < -0.4 is 20.1 Å². The highest BCUT2D eigenvalue weighted by Gasteiger charge is 2.60. The molecule has 46 heavy (non-hydrogen) atoms. The molecule has 3 amide bonds. The van der Waals surface area contributed by atoms with E-state index in [0.717, 1.165) is 42.3 Å². The Morgan fingerprint density at radius 2 is 2.02 bits per heavy atom. The van der Waals surface area contributed by atoms with E-state index in [1.54, 1.807) is 25.3 Å². The van der Waals surface area contributed by atoms with Crippen molar-refractivity contribution >= 4 is 28.8 Å². The van der Waals surface area contributed by atoms with Crippen molar-refractivity contribution in [1.82, 2.24) is 30.3 Å². The number of amides is 3.